The average Bonchev–Trinajstić information content (AvgIpc) is 2.08. The summed E-state index contributed by atoms with van der Waals surface area (Å²) >= 11 is 0. The SMILES string of the molecule is COc1cc(C)c(CN(C)C)cn1. The summed E-state index contributed by atoms with van der Waals surface area (Å²) in [5, 5.41) is 0. The normalized spacial score (nSPS) is 10.5. The maximum absolute atomic E-state index is 5.03. The first-order valence-corrected chi connectivity index (χ1v) is 4.27. The predicted octanol–water partition coefficient (Wildman–Crippen LogP) is 1.46. The molecule has 13 heavy (non-hydrogen) atoms. The molecule has 0 atom stereocenters. The Morgan fingerprint density at radius 1 is 1.46 bits per heavy atom. The van der Waals surface area contributed by atoms with Crippen LogP contribution in [0, 0.1) is 6.92 Å². The lowest BCUT2D eigenvalue weighted by molar-refractivity contribution is 0.389. The number of aromatic nitrogens is 1. The van der Waals surface area contributed by atoms with Gasteiger partial charge >= 0.3 is 0 Å². The topological polar surface area (TPSA) is 25.4 Å². The predicted molar refractivity (Wildman–Crippen MR) is 52.9 cm³/mol. The summed E-state index contributed by atoms with van der Waals surface area (Å²) in [6, 6.07) is 1.96. The molecule has 1 aromatic heterocycles. The minimum atomic E-state index is 0.681. The number of rotatable bonds is 3. The molecule has 0 unspecified atom stereocenters. The van der Waals surface area contributed by atoms with Crippen LogP contribution >= 0.6 is 0 Å². The van der Waals surface area contributed by atoms with Crippen molar-refractivity contribution in [1.82, 2.24) is 9.88 Å². The van der Waals surface area contributed by atoms with Gasteiger partial charge in [-0.3, -0.25) is 0 Å². The van der Waals surface area contributed by atoms with Crippen molar-refractivity contribution in [1.29, 1.82) is 0 Å². The minimum Gasteiger partial charge on any atom is -0.481 e. The molecule has 3 nitrogen and oxygen atoms in total. The molecule has 0 aliphatic heterocycles. The fourth-order valence-corrected chi connectivity index (χ4v) is 1.18. The van der Waals surface area contributed by atoms with E-state index in [4.69, 9.17) is 4.74 Å². The van der Waals surface area contributed by atoms with Gasteiger partial charge in [0.1, 0.15) is 0 Å². The highest BCUT2D eigenvalue weighted by molar-refractivity contribution is 5.27. The summed E-state index contributed by atoms with van der Waals surface area (Å²) in [6.45, 7) is 2.99. The second-order valence-corrected chi connectivity index (χ2v) is 3.39. The fourth-order valence-electron chi connectivity index (χ4n) is 1.18. The lowest BCUT2D eigenvalue weighted by Gasteiger charge is -2.12. The molecule has 0 saturated heterocycles. The summed E-state index contributed by atoms with van der Waals surface area (Å²) in [4.78, 5) is 6.28. The quantitative estimate of drug-likeness (QED) is 0.704. The summed E-state index contributed by atoms with van der Waals surface area (Å²) in [5.41, 5.74) is 2.46. The van der Waals surface area contributed by atoms with Crippen molar-refractivity contribution in [3.8, 4) is 5.88 Å². The Kier molecular flexibility index (Phi) is 3.25. The number of nitrogens with zero attached hydrogens (tertiary/aromatic N) is 2. The van der Waals surface area contributed by atoms with Gasteiger partial charge in [0.2, 0.25) is 5.88 Å². The molecular formula is C10H16N2O. The second-order valence-electron chi connectivity index (χ2n) is 3.39. The van der Waals surface area contributed by atoms with Crippen LogP contribution in [0.15, 0.2) is 12.3 Å². The van der Waals surface area contributed by atoms with Gasteiger partial charge in [-0.15, -0.1) is 0 Å². The molecule has 0 amide bonds. The largest absolute Gasteiger partial charge is 0.481 e. The van der Waals surface area contributed by atoms with Crippen molar-refractivity contribution in [2.45, 2.75) is 13.5 Å². The van der Waals surface area contributed by atoms with E-state index in [0.29, 0.717) is 5.88 Å². The van der Waals surface area contributed by atoms with E-state index in [1.165, 1.54) is 11.1 Å². The first kappa shape index (κ1) is 9.99. The van der Waals surface area contributed by atoms with E-state index in [9.17, 15) is 0 Å². The Bertz CT molecular complexity index is 284. The van der Waals surface area contributed by atoms with Crippen LogP contribution in [-0.4, -0.2) is 31.1 Å². The first-order chi connectivity index (χ1) is 6.13. The van der Waals surface area contributed by atoms with Gasteiger partial charge in [-0.2, -0.15) is 0 Å². The molecule has 0 N–H and O–H groups in total. The van der Waals surface area contributed by atoms with Crippen LogP contribution < -0.4 is 4.74 Å². The highest BCUT2D eigenvalue weighted by atomic mass is 16.5. The van der Waals surface area contributed by atoms with Gasteiger partial charge in [0, 0.05) is 18.8 Å². The molecule has 72 valence electrons. The van der Waals surface area contributed by atoms with Crippen molar-refractivity contribution in [3.63, 3.8) is 0 Å². The van der Waals surface area contributed by atoms with Crippen LogP contribution in [0.5, 0.6) is 5.88 Å². The highest BCUT2D eigenvalue weighted by Gasteiger charge is 2.02. The number of pyridine rings is 1. The molecule has 3 heteroatoms. The number of hydrogen-bond donors (Lipinski definition) is 0. The van der Waals surface area contributed by atoms with Gasteiger partial charge in [0.15, 0.2) is 0 Å². The molecule has 1 aromatic rings. The fraction of sp³-hybridized carbons (Fsp3) is 0.500. The van der Waals surface area contributed by atoms with Gasteiger partial charge in [-0.1, -0.05) is 0 Å². The maximum atomic E-state index is 5.03. The van der Waals surface area contributed by atoms with Crippen molar-refractivity contribution in [2.75, 3.05) is 21.2 Å². The summed E-state index contributed by atoms with van der Waals surface area (Å²) < 4.78 is 5.03. The summed E-state index contributed by atoms with van der Waals surface area (Å²) in [6.07, 6.45) is 1.87. The van der Waals surface area contributed by atoms with Crippen LogP contribution in [0.3, 0.4) is 0 Å². The van der Waals surface area contributed by atoms with Crippen LogP contribution in [-0.2, 0) is 6.54 Å². The molecule has 0 aromatic carbocycles. The molecule has 0 spiro atoms. The molecule has 1 rings (SSSR count). The third kappa shape index (κ3) is 2.70. The van der Waals surface area contributed by atoms with Gasteiger partial charge in [0.25, 0.3) is 0 Å². The van der Waals surface area contributed by atoms with Crippen molar-refractivity contribution in [2.24, 2.45) is 0 Å². The Morgan fingerprint density at radius 3 is 2.62 bits per heavy atom. The zero-order valence-electron chi connectivity index (χ0n) is 8.66. The second kappa shape index (κ2) is 4.23. The van der Waals surface area contributed by atoms with E-state index in [1.807, 2.05) is 26.4 Å². The van der Waals surface area contributed by atoms with E-state index in [1.54, 1.807) is 7.11 Å². The highest BCUT2D eigenvalue weighted by Crippen LogP contribution is 2.13. The third-order valence-electron chi connectivity index (χ3n) is 1.89. The molecule has 0 bridgehead atoms. The van der Waals surface area contributed by atoms with Crippen LogP contribution in [0.2, 0.25) is 0 Å². The van der Waals surface area contributed by atoms with Crippen LogP contribution in [0.1, 0.15) is 11.1 Å². The first-order valence-electron chi connectivity index (χ1n) is 4.27. The summed E-state index contributed by atoms with van der Waals surface area (Å²) in [5.74, 6) is 0.681. The van der Waals surface area contributed by atoms with Crippen LogP contribution in [0.4, 0.5) is 0 Å². The van der Waals surface area contributed by atoms with E-state index < -0.39 is 0 Å². The van der Waals surface area contributed by atoms with Crippen molar-refractivity contribution in [3.05, 3.63) is 23.4 Å². The number of aryl methyl sites for hydroxylation is 1. The Hall–Kier alpha value is -1.09. The van der Waals surface area contributed by atoms with Gasteiger partial charge in [0.05, 0.1) is 7.11 Å². The maximum Gasteiger partial charge on any atom is 0.213 e. The number of methoxy groups -OCH3 is 1. The van der Waals surface area contributed by atoms with E-state index in [0.717, 1.165) is 6.54 Å². The number of ether oxygens (including phenoxy) is 1. The standard InChI is InChI=1S/C10H16N2O/c1-8-5-10(13-4)11-6-9(8)7-12(2)3/h5-6H,7H2,1-4H3. The van der Waals surface area contributed by atoms with E-state index in [-0.39, 0.29) is 0 Å². The molecule has 0 aliphatic carbocycles. The molecule has 0 saturated carbocycles. The number of hydrogen-bond acceptors (Lipinski definition) is 3. The molecule has 1 heterocycles. The Balaban J connectivity index is 2.85. The third-order valence-corrected chi connectivity index (χ3v) is 1.89. The van der Waals surface area contributed by atoms with Gasteiger partial charge in [-0.05, 0) is 32.1 Å². The zero-order valence-corrected chi connectivity index (χ0v) is 8.66. The Morgan fingerprint density at radius 2 is 2.15 bits per heavy atom. The van der Waals surface area contributed by atoms with E-state index >= 15 is 0 Å². The lowest BCUT2D eigenvalue weighted by Crippen LogP contribution is -2.12. The monoisotopic (exact) mass is 180 g/mol. The molecule has 0 fully saturated rings. The Labute approximate surface area is 79.3 Å². The van der Waals surface area contributed by atoms with Gasteiger partial charge in [-0.25, -0.2) is 4.98 Å². The lowest BCUT2D eigenvalue weighted by atomic mass is 10.1. The molecule has 0 radical (unpaired) electrons. The summed E-state index contributed by atoms with van der Waals surface area (Å²) in [7, 11) is 5.72. The van der Waals surface area contributed by atoms with Crippen molar-refractivity contribution < 1.29 is 4.74 Å². The molecular weight excluding hydrogens is 164 g/mol. The van der Waals surface area contributed by atoms with E-state index in [2.05, 4.69) is 16.8 Å². The van der Waals surface area contributed by atoms with Crippen molar-refractivity contribution >= 4 is 0 Å². The smallest absolute Gasteiger partial charge is 0.213 e. The van der Waals surface area contributed by atoms with Crippen LogP contribution in [0.25, 0.3) is 0 Å². The molecule has 0 aliphatic rings. The van der Waals surface area contributed by atoms with Gasteiger partial charge < -0.3 is 9.64 Å². The average molecular weight is 180 g/mol. The minimum absolute atomic E-state index is 0.681. The zero-order chi connectivity index (χ0) is 9.84.